The SMILES string of the molecule is CC(C)C1CN(C2CCC(O)CC2)C(=O)N1C. The zero-order valence-corrected chi connectivity index (χ0v) is 11.1. The van der Waals surface area contributed by atoms with Gasteiger partial charge in [0.25, 0.3) is 0 Å². The van der Waals surface area contributed by atoms with Crippen molar-refractivity contribution >= 4 is 6.03 Å². The summed E-state index contributed by atoms with van der Waals surface area (Å²) in [4.78, 5) is 16.1. The molecule has 0 spiro atoms. The Morgan fingerprint density at radius 3 is 2.29 bits per heavy atom. The molecule has 4 nitrogen and oxygen atoms in total. The number of carbonyl (C=O) groups excluding carboxylic acids is 1. The number of amides is 2. The molecular formula is C13H24N2O2. The van der Waals surface area contributed by atoms with E-state index < -0.39 is 0 Å². The van der Waals surface area contributed by atoms with Crippen LogP contribution in [-0.4, -0.2) is 52.7 Å². The molecular weight excluding hydrogens is 216 g/mol. The summed E-state index contributed by atoms with van der Waals surface area (Å²) in [6, 6.07) is 0.858. The number of aliphatic hydroxyl groups is 1. The highest BCUT2D eigenvalue weighted by molar-refractivity contribution is 5.77. The Kier molecular flexibility index (Phi) is 3.61. The van der Waals surface area contributed by atoms with Crippen LogP contribution in [-0.2, 0) is 0 Å². The fraction of sp³-hybridized carbons (Fsp3) is 0.923. The summed E-state index contributed by atoms with van der Waals surface area (Å²) in [5.74, 6) is 0.503. The van der Waals surface area contributed by atoms with Crippen LogP contribution >= 0.6 is 0 Å². The average Bonchev–Trinajstić information content (AvgIpc) is 2.58. The summed E-state index contributed by atoms with van der Waals surface area (Å²) < 4.78 is 0. The van der Waals surface area contributed by atoms with Crippen LogP contribution in [0.4, 0.5) is 4.79 Å². The van der Waals surface area contributed by atoms with Crippen molar-refractivity contribution in [2.75, 3.05) is 13.6 Å². The fourth-order valence-electron chi connectivity index (χ4n) is 3.08. The molecule has 0 radical (unpaired) electrons. The van der Waals surface area contributed by atoms with Crippen LogP contribution in [0.3, 0.4) is 0 Å². The van der Waals surface area contributed by atoms with Gasteiger partial charge in [0.15, 0.2) is 0 Å². The van der Waals surface area contributed by atoms with Gasteiger partial charge in [0, 0.05) is 19.6 Å². The lowest BCUT2D eigenvalue weighted by Crippen LogP contribution is -2.41. The predicted octanol–water partition coefficient (Wildman–Crippen LogP) is 1.68. The topological polar surface area (TPSA) is 43.8 Å². The Morgan fingerprint density at radius 2 is 1.82 bits per heavy atom. The van der Waals surface area contributed by atoms with Crippen LogP contribution in [0.1, 0.15) is 39.5 Å². The highest BCUT2D eigenvalue weighted by Crippen LogP contribution is 2.29. The van der Waals surface area contributed by atoms with Gasteiger partial charge in [0.2, 0.25) is 0 Å². The zero-order chi connectivity index (χ0) is 12.6. The lowest BCUT2D eigenvalue weighted by Gasteiger charge is -2.32. The molecule has 1 unspecified atom stereocenters. The van der Waals surface area contributed by atoms with E-state index >= 15 is 0 Å². The molecule has 1 heterocycles. The molecule has 1 saturated carbocycles. The second-order valence-corrected chi connectivity index (χ2v) is 5.82. The first-order chi connectivity index (χ1) is 8.00. The molecule has 0 aromatic carbocycles. The van der Waals surface area contributed by atoms with E-state index in [-0.39, 0.29) is 12.1 Å². The van der Waals surface area contributed by atoms with Crippen LogP contribution < -0.4 is 0 Å². The summed E-state index contributed by atoms with van der Waals surface area (Å²) in [6.07, 6.45) is 3.43. The van der Waals surface area contributed by atoms with Crippen molar-refractivity contribution < 1.29 is 9.90 Å². The van der Waals surface area contributed by atoms with Crippen LogP contribution in [0.5, 0.6) is 0 Å². The van der Waals surface area contributed by atoms with E-state index in [0.717, 1.165) is 32.2 Å². The van der Waals surface area contributed by atoms with Crippen molar-refractivity contribution in [2.24, 2.45) is 5.92 Å². The first kappa shape index (κ1) is 12.7. The Hall–Kier alpha value is -0.770. The number of carbonyl (C=O) groups is 1. The Balaban J connectivity index is 2.00. The van der Waals surface area contributed by atoms with Gasteiger partial charge < -0.3 is 14.9 Å². The molecule has 2 aliphatic rings. The molecule has 17 heavy (non-hydrogen) atoms. The maximum absolute atomic E-state index is 12.2. The highest BCUT2D eigenvalue weighted by Gasteiger charge is 2.40. The van der Waals surface area contributed by atoms with Crippen LogP contribution in [0, 0.1) is 5.92 Å². The molecule has 0 aromatic rings. The second kappa shape index (κ2) is 4.84. The third kappa shape index (κ3) is 2.41. The van der Waals surface area contributed by atoms with Gasteiger partial charge in [-0.1, -0.05) is 13.8 Å². The van der Waals surface area contributed by atoms with Crippen LogP contribution in [0.15, 0.2) is 0 Å². The van der Waals surface area contributed by atoms with E-state index in [1.165, 1.54) is 0 Å². The minimum absolute atomic E-state index is 0.150. The number of hydrogen-bond acceptors (Lipinski definition) is 2. The van der Waals surface area contributed by atoms with E-state index in [2.05, 4.69) is 13.8 Å². The summed E-state index contributed by atoms with van der Waals surface area (Å²) in [6.45, 7) is 5.19. The number of nitrogens with zero attached hydrogens (tertiary/aromatic N) is 2. The molecule has 4 heteroatoms. The van der Waals surface area contributed by atoms with Crippen LogP contribution in [0.2, 0.25) is 0 Å². The molecule has 1 aliphatic carbocycles. The summed E-state index contributed by atoms with van der Waals surface area (Å²) >= 11 is 0. The molecule has 1 aliphatic heterocycles. The third-order valence-electron chi connectivity index (χ3n) is 4.31. The number of urea groups is 1. The van der Waals surface area contributed by atoms with Crippen molar-refractivity contribution in [3.8, 4) is 0 Å². The van der Waals surface area contributed by atoms with E-state index in [4.69, 9.17) is 0 Å². The number of hydrogen-bond donors (Lipinski definition) is 1. The largest absolute Gasteiger partial charge is 0.393 e. The monoisotopic (exact) mass is 240 g/mol. The Bertz CT molecular complexity index is 285. The Labute approximate surface area is 104 Å². The van der Waals surface area contributed by atoms with Gasteiger partial charge in [-0.3, -0.25) is 0 Å². The van der Waals surface area contributed by atoms with Gasteiger partial charge in [-0.05, 0) is 31.6 Å². The molecule has 2 amide bonds. The highest BCUT2D eigenvalue weighted by atomic mass is 16.3. The number of rotatable bonds is 2. The molecule has 1 saturated heterocycles. The van der Waals surface area contributed by atoms with Gasteiger partial charge in [-0.2, -0.15) is 0 Å². The fourth-order valence-corrected chi connectivity index (χ4v) is 3.08. The minimum Gasteiger partial charge on any atom is -0.393 e. The standard InChI is InChI=1S/C13H24N2O2/c1-9(2)12-8-15(13(17)14(12)3)10-4-6-11(16)7-5-10/h9-12,16H,4-8H2,1-3H3. The first-order valence-corrected chi connectivity index (χ1v) is 6.72. The van der Waals surface area contributed by atoms with Crippen molar-refractivity contribution in [1.82, 2.24) is 9.80 Å². The number of aliphatic hydroxyl groups excluding tert-OH is 1. The minimum atomic E-state index is -0.150. The van der Waals surface area contributed by atoms with E-state index in [0.29, 0.717) is 18.0 Å². The smallest absolute Gasteiger partial charge is 0.320 e. The van der Waals surface area contributed by atoms with Gasteiger partial charge in [-0.15, -0.1) is 0 Å². The predicted molar refractivity (Wildman–Crippen MR) is 66.8 cm³/mol. The Morgan fingerprint density at radius 1 is 1.24 bits per heavy atom. The molecule has 0 bridgehead atoms. The lowest BCUT2D eigenvalue weighted by molar-refractivity contribution is 0.0896. The molecule has 2 rings (SSSR count). The summed E-state index contributed by atoms with van der Waals surface area (Å²) in [7, 11) is 1.91. The second-order valence-electron chi connectivity index (χ2n) is 5.82. The maximum Gasteiger partial charge on any atom is 0.320 e. The zero-order valence-electron chi connectivity index (χ0n) is 11.1. The summed E-state index contributed by atoms with van der Waals surface area (Å²) in [5.41, 5.74) is 0. The van der Waals surface area contributed by atoms with E-state index in [1.54, 1.807) is 0 Å². The van der Waals surface area contributed by atoms with Crippen molar-refractivity contribution in [3.63, 3.8) is 0 Å². The van der Waals surface area contributed by atoms with Crippen LogP contribution in [0.25, 0.3) is 0 Å². The average molecular weight is 240 g/mol. The van der Waals surface area contributed by atoms with Crippen molar-refractivity contribution in [1.29, 1.82) is 0 Å². The quantitative estimate of drug-likeness (QED) is 0.798. The number of likely N-dealkylation sites (N-methyl/N-ethyl adjacent to an activating group) is 1. The maximum atomic E-state index is 12.2. The van der Waals surface area contributed by atoms with Gasteiger partial charge in [-0.25, -0.2) is 4.79 Å². The third-order valence-corrected chi connectivity index (χ3v) is 4.31. The van der Waals surface area contributed by atoms with Gasteiger partial charge in [0.05, 0.1) is 12.1 Å². The molecule has 98 valence electrons. The van der Waals surface area contributed by atoms with E-state index in [9.17, 15) is 9.90 Å². The van der Waals surface area contributed by atoms with Crippen molar-refractivity contribution in [2.45, 2.75) is 57.7 Å². The normalized spacial score (nSPS) is 34.9. The van der Waals surface area contributed by atoms with E-state index in [1.807, 2.05) is 16.8 Å². The van der Waals surface area contributed by atoms with Gasteiger partial charge in [0.1, 0.15) is 0 Å². The van der Waals surface area contributed by atoms with Gasteiger partial charge >= 0.3 is 6.03 Å². The molecule has 1 atom stereocenters. The summed E-state index contributed by atoms with van der Waals surface area (Å²) in [5, 5.41) is 9.51. The lowest BCUT2D eigenvalue weighted by atomic mass is 9.92. The molecule has 0 aromatic heterocycles. The van der Waals surface area contributed by atoms with Crippen molar-refractivity contribution in [3.05, 3.63) is 0 Å². The molecule has 1 N–H and O–H groups in total. The first-order valence-electron chi connectivity index (χ1n) is 6.72. The molecule has 2 fully saturated rings.